The number of thiophene rings is 1. The SMILES string of the molecule is O=S(=O)(NCc1ncon1)c1ccc(CO)s1. The van der Waals surface area contributed by atoms with Crippen LogP contribution in [0.3, 0.4) is 0 Å². The summed E-state index contributed by atoms with van der Waals surface area (Å²) in [6.45, 7) is -0.212. The molecule has 2 aromatic heterocycles. The molecule has 0 saturated heterocycles. The smallest absolute Gasteiger partial charge is 0.250 e. The van der Waals surface area contributed by atoms with E-state index in [4.69, 9.17) is 5.11 Å². The van der Waals surface area contributed by atoms with Crippen LogP contribution in [-0.4, -0.2) is 23.7 Å². The number of rotatable bonds is 5. The van der Waals surface area contributed by atoms with E-state index in [1.165, 1.54) is 6.07 Å². The fourth-order valence-corrected chi connectivity index (χ4v) is 3.33. The first-order chi connectivity index (χ1) is 8.12. The minimum Gasteiger partial charge on any atom is -0.391 e. The van der Waals surface area contributed by atoms with E-state index < -0.39 is 10.0 Å². The van der Waals surface area contributed by atoms with E-state index in [0.717, 1.165) is 17.7 Å². The molecule has 0 radical (unpaired) electrons. The molecule has 0 atom stereocenters. The Labute approximate surface area is 101 Å². The molecule has 2 rings (SSSR count). The highest BCUT2D eigenvalue weighted by Crippen LogP contribution is 2.21. The number of aromatic nitrogens is 2. The molecule has 0 bridgehead atoms. The molecular formula is C8H9N3O4S2. The number of nitrogens with one attached hydrogen (secondary N) is 1. The van der Waals surface area contributed by atoms with E-state index in [-0.39, 0.29) is 23.2 Å². The monoisotopic (exact) mass is 275 g/mol. The average Bonchev–Trinajstić information content (AvgIpc) is 2.98. The highest BCUT2D eigenvalue weighted by Gasteiger charge is 2.17. The first-order valence-electron chi connectivity index (χ1n) is 4.56. The van der Waals surface area contributed by atoms with Crippen molar-refractivity contribution in [3.63, 3.8) is 0 Å². The Hall–Kier alpha value is -1.29. The molecule has 2 heterocycles. The third kappa shape index (κ3) is 2.88. The van der Waals surface area contributed by atoms with Crippen molar-refractivity contribution in [3.8, 4) is 0 Å². The Kier molecular flexibility index (Phi) is 3.52. The van der Waals surface area contributed by atoms with Gasteiger partial charge in [-0.1, -0.05) is 5.16 Å². The lowest BCUT2D eigenvalue weighted by atomic mass is 10.5. The van der Waals surface area contributed by atoms with Crippen LogP contribution in [0.5, 0.6) is 0 Å². The van der Waals surface area contributed by atoms with Gasteiger partial charge in [0.1, 0.15) is 4.21 Å². The standard InChI is InChI=1S/C8H9N3O4S2/c12-4-6-1-2-8(16-6)17(13,14)10-3-7-9-5-15-11-7/h1-2,5,10,12H,3-4H2. The molecule has 2 N–H and O–H groups in total. The van der Waals surface area contributed by atoms with Crippen LogP contribution in [-0.2, 0) is 23.2 Å². The molecule has 0 aromatic carbocycles. The van der Waals surface area contributed by atoms with E-state index >= 15 is 0 Å². The predicted molar refractivity (Wildman–Crippen MR) is 58.6 cm³/mol. The first kappa shape index (κ1) is 12.2. The van der Waals surface area contributed by atoms with Crippen molar-refractivity contribution >= 4 is 21.4 Å². The maximum Gasteiger partial charge on any atom is 0.250 e. The summed E-state index contributed by atoms with van der Waals surface area (Å²) in [4.78, 5) is 4.28. The Bertz CT molecular complexity index is 576. The molecule has 0 aliphatic carbocycles. The highest BCUT2D eigenvalue weighted by atomic mass is 32.2. The Morgan fingerprint density at radius 3 is 2.88 bits per heavy atom. The minimum absolute atomic E-state index is 0.0365. The lowest BCUT2D eigenvalue weighted by Crippen LogP contribution is -2.22. The lowest BCUT2D eigenvalue weighted by Gasteiger charge is -2.00. The second-order valence-electron chi connectivity index (χ2n) is 3.05. The Morgan fingerprint density at radius 2 is 2.29 bits per heavy atom. The maximum atomic E-state index is 11.8. The van der Waals surface area contributed by atoms with Crippen molar-refractivity contribution < 1.29 is 18.0 Å². The summed E-state index contributed by atoms with van der Waals surface area (Å²) in [5.74, 6) is 0.257. The van der Waals surface area contributed by atoms with Gasteiger partial charge in [-0.15, -0.1) is 11.3 Å². The fraction of sp³-hybridized carbons (Fsp3) is 0.250. The van der Waals surface area contributed by atoms with E-state index in [1.807, 2.05) is 0 Å². The summed E-state index contributed by atoms with van der Waals surface area (Å²) in [6, 6.07) is 3.00. The van der Waals surface area contributed by atoms with Crippen molar-refractivity contribution in [1.29, 1.82) is 0 Å². The molecule has 0 unspecified atom stereocenters. The molecule has 92 valence electrons. The third-order valence-corrected chi connectivity index (χ3v) is 4.85. The number of sulfonamides is 1. The van der Waals surface area contributed by atoms with Crippen LogP contribution < -0.4 is 4.72 Å². The summed E-state index contributed by atoms with van der Waals surface area (Å²) in [6.07, 6.45) is 1.12. The summed E-state index contributed by atoms with van der Waals surface area (Å²) in [5.41, 5.74) is 0. The zero-order chi connectivity index (χ0) is 12.3. The van der Waals surface area contributed by atoms with E-state index in [9.17, 15) is 8.42 Å². The van der Waals surface area contributed by atoms with Crippen molar-refractivity contribution in [2.45, 2.75) is 17.4 Å². The van der Waals surface area contributed by atoms with E-state index in [1.54, 1.807) is 6.07 Å². The van der Waals surface area contributed by atoms with Gasteiger partial charge in [0.2, 0.25) is 16.4 Å². The highest BCUT2D eigenvalue weighted by molar-refractivity contribution is 7.91. The normalized spacial score (nSPS) is 11.8. The first-order valence-corrected chi connectivity index (χ1v) is 6.86. The molecule has 0 spiro atoms. The van der Waals surface area contributed by atoms with Crippen LogP contribution in [0.4, 0.5) is 0 Å². The molecule has 2 aromatic rings. The number of aliphatic hydroxyl groups is 1. The average molecular weight is 275 g/mol. The van der Waals surface area contributed by atoms with Gasteiger partial charge in [-0.05, 0) is 12.1 Å². The van der Waals surface area contributed by atoms with Gasteiger partial charge in [-0.3, -0.25) is 0 Å². The van der Waals surface area contributed by atoms with Gasteiger partial charge in [0, 0.05) is 4.88 Å². The van der Waals surface area contributed by atoms with Crippen molar-refractivity contribution in [1.82, 2.24) is 14.9 Å². The van der Waals surface area contributed by atoms with Gasteiger partial charge >= 0.3 is 0 Å². The van der Waals surface area contributed by atoms with E-state index in [0.29, 0.717) is 4.88 Å². The third-order valence-electron chi connectivity index (χ3n) is 1.88. The Balaban J connectivity index is 2.08. The van der Waals surface area contributed by atoms with Crippen LogP contribution >= 0.6 is 11.3 Å². The molecule has 7 nitrogen and oxygen atoms in total. The van der Waals surface area contributed by atoms with Crippen LogP contribution in [0.15, 0.2) is 27.3 Å². The number of hydrogen-bond donors (Lipinski definition) is 2. The second-order valence-corrected chi connectivity index (χ2v) is 6.21. The largest absolute Gasteiger partial charge is 0.391 e. The number of nitrogens with zero attached hydrogens (tertiary/aromatic N) is 2. The van der Waals surface area contributed by atoms with Gasteiger partial charge in [0.25, 0.3) is 0 Å². The number of aliphatic hydroxyl groups excluding tert-OH is 1. The van der Waals surface area contributed by atoms with Crippen molar-refractivity contribution in [2.24, 2.45) is 0 Å². The zero-order valence-electron chi connectivity index (χ0n) is 8.53. The predicted octanol–water partition coefficient (Wildman–Crippen LogP) is 0.102. The molecule has 0 aliphatic rings. The number of hydrogen-bond acceptors (Lipinski definition) is 7. The topological polar surface area (TPSA) is 105 Å². The second kappa shape index (κ2) is 4.92. The van der Waals surface area contributed by atoms with Crippen molar-refractivity contribution in [3.05, 3.63) is 29.2 Å². The van der Waals surface area contributed by atoms with Crippen LogP contribution in [0, 0.1) is 0 Å². The van der Waals surface area contributed by atoms with E-state index in [2.05, 4.69) is 19.4 Å². The van der Waals surface area contributed by atoms with Crippen LogP contribution in [0.1, 0.15) is 10.7 Å². The molecule has 0 fully saturated rings. The van der Waals surface area contributed by atoms with Gasteiger partial charge in [0.15, 0.2) is 5.82 Å². The Morgan fingerprint density at radius 1 is 1.47 bits per heavy atom. The quantitative estimate of drug-likeness (QED) is 0.802. The minimum atomic E-state index is -3.59. The summed E-state index contributed by atoms with van der Waals surface area (Å²) in [5, 5.41) is 12.3. The van der Waals surface area contributed by atoms with Gasteiger partial charge in [0.05, 0.1) is 13.2 Å². The summed E-state index contributed by atoms with van der Waals surface area (Å²) < 4.78 is 30.5. The summed E-state index contributed by atoms with van der Waals surface area (Å²) in [7, 11) is -3.59. The molecule has 0 saturated carbocycles. The zero-order valence-corrected chi connectivity index (χ0v) is 10.2. The van der Waals surface area contributed by atoms with Crippen LogP contribution in [0.25, 0.3) is 0 Å². The van der Waals surface area contributed by atoms with Crippen LogP contribution in [0.2, 0.25) is 0 Å². The molecule has 17 heavy (non-hydrogen) atoms. The van der Waals surface area contributed by atoms with Gasteiger partial charge in [-0.2, -0.15) is 4.98 Å². The molecule has 0 amide bonds. The molecular weight excluding hydrogens is 266 g/mol. The van der Waals surface area contributed by atoms with Gasteiger partial charge < -0.3 is 9.63 Å². The molecule has 0 aliphatic heterocycles. The fourth-order valence-electron chi connectivity index (χ4n) is 1.09. The van der Waals surface area contributed by atoms with Gasteiger partial charge in [-0.25, -0.2) is 13.1 Å². The lowest BCUT2D eigenvalue weighted by molar-refractivity contribution is 0.285. The maximum absolute atomic E-state index is 11.8. The van der Waals surface area contributed by atoms with Crippen molar-refractivity contribution in [2.75, 3.05) is 0 Å². The molecule has 9 heteroatoms. The summed E-state index contributed by atoms with van der Waals surface area (Å²) >= 11 is 1.01.